The predicted molar refractivity (Wildman–Crippen MR) is 61.6 cm³/mol. The maximum absolute atomic E-state index is 11.2. The lowest BCUT2D eigenvalue weighted by Gasteiger charge is -2.14. The normalized spacial score (nSPS) is 11.8. The van der Waals surface area contributed by atoms with Crippen LogP contribution in [0.4, 0.5) is 0 Å². The van der Waals surface area contributed by atoms with E-state index in [-0.39, 0.29) is 13.0 Å². The highest BCUT2D eigenvalue weighted by Gasteiger charge is 2.19. The summed E-state index contributed by atoms with van der Waals surface area (Å²) in [7, 11) is 1.38. The van der Waals surface area contributed by atoms with Crippen LogP contribution in [0, 0.1) is 0 Å². The summed E-state index contributed by atoms with van der Waals surface area (Å²) < 4.78 is 4.63. The van der Waals surface area contributed by atoms with Gasteiger partial charge in [-0.2, -0.15) is 0 Å². The van der Waals surface area contributed by atoms with E-state index in [0.29, 0.717) is 0 Å². The van der Waals surface area contributed by atoms with Crippen molar-refractivity contribution in [1.82, 2.24) is 5.32 Å². The highest BCUT2D eigenvalue weighted by molar-refractivity contribution is 5.84. The summed E-state index contributed by atoms with van der Waals surface area (Å²) in [5.74, 6) is -1.49. The largest absolute Gasteiger partial charge is 0.480 e. The Balaban J connectivity index is 2.61. The van der Waals surface area contributed by atoms with Crippen molar-refractivity contribution in [2.45, 2.75) is 12.5 Å². The van der Waals surface area contributed by atoms with Gasteiger partial charge in [-0.25, -0.2) is 4.79 Å². The smallest absolute Gasteiger partial charge is 0.326 e. The molecule has 1 atom stereocenters. The van der Waals surface area contributed by atoms with Crippen LogP contribution in [0.1, 0.15) is 5.56 Å². The Labute approximate surface area is 99.4 Å². The Morgan fingerprint density at radius 1 is 1.35 bits per heavy atom. The number of hydrogen-bond donors (Lipinski definition) is 2. The topological polar surface area (TPSA) is 75.6 Å². The van der Waals surface area contributed by atoms with Crippen LogP contribution in [-0.2, 0) is 20.7 Å². The van der Waals surface area contributed by atoms with Crippen molar-refractivity contribution in [3.05, 3.63) is 35.9 Å². The number of amides is 1. The van der Waals surface area contributed by atoms with Crippen molar-refractivity contribution < 1.29 is 19.4 Å². The third-order valence-electron chi connectivity index (χ3n) is 2.19. The molecule has 0 aliphatic heterocycles. The number of hydrogen-bond acceptors (Lipinski definition) is 3. The quantitative estimate of drug-likeness (QED) is 0.753. The number of carbonyl (C=O) groups excluding carboxylic acids is 1. The molecule has 17 heavy (non-hydrogen) atoms. The molecule has 0 heterocycles. The second kappa shape index (κ2) is 6.65. The standard InChI is InChI=1S/C12H15NO4/c1-17-8-11(14)13-10(12(15)16)7-9-5-3-2-4-6-9/h2-6,10H,7-8H2,1H3,(H,13,14)(H,15,16)/t10-/m1/s1. The van der Waals surface area contributed by atoms with Crippen LogP contribution in [-0.4, -0.2) is 36.7 Å². The molecule has 5 nitrogen and oxygen atoms in total. The number of benzene rings is 1. The number of aliphatic carboxylic acids is 1. The lowest BCUT2D eigenvalue weighted by molar-refractivity contribution is -0.142. The first kappa shape index (κ1) is 13.2. The molecule has 1 amide bonds. The minimum Gasteiger partial charge on any atom is -0.480 e. The molecule has 0 aromatic heterocycles. The highest BCUT2D eigenvalue weighted by atomic mass is 16.5. The van der Waals surface area contributed by atoms with E-state index in [1.165, 1.54) is 7.11 Å². The number of carboxylic acid groups (broad SMARTS) is 1. The monoisotopic (exact) mass is 237 g/mol. The molecule has 5 heteroatoms. The first-order valence-corrected chi connectivity index (χ1v) is 5.18. The van der Waals surface area contributed by atoms with Crippen LogP contribution in [0.3, 0.4) is 0 Å². The second-order valence-corrected chi connectivity index (χ2v) is 3.58. The molecule has 0 unspecified atom stereocenters. The molecule has 0 radical (unpaired) electrons. The Bertz CT molecular complexity index is 377. The average Bonchev–Trinajstić information content (AvgIpc) is 2.29. The van der Waals surface area contributed by atoms with Gasteiger partial charge in [-0.3, -0.25) is 4.79 Å². The zero-order valence-corrected chi connectivity index (χ0v) is 9.55. The van der Waals surface area contributed by atoms with Gasteiger partial charge in [0.1, 0.15) is 12.6 Å². The Morgan fingerprint density at radius 2 is 2.00 bits per heavy atom. The Hall–Kier alpha value is -1.88. The van der Waals surface area contributed by atoms with Gasteiger partial charge in [0.05, 0.1) is 0 Å². The third kappa shape index (κ3) is 4.65. The first-order valence-electron chi connectivity index (χ1n) is 5.18. The number of carboxylic acids is 1. The van der Waals surface area contributed by atoms with Gasteiger partial charge in [0.25, 0.3) is 0 Å². The molecule has 92 valence electrons. The van der Waals surface area contributed by atoms with E-state index < -0.39 is 17.9 Å². The van der Waals surface area contributed by atoms with E-state index in [1.807, 2.05) is 30.3 Å². The van der Waals surface area contributed by atoms with Crippen molar-refractivity contribution in [2.24, 2.45) is 0 Å². The molecule has 0 bridgehead atoms. The van der Waals surface area contributed by atoms with Gasteiger partial charge < -0.3 is 15.2 Å². The van der Waals surface area contributed by atoms with E-state index in [9.17, 15) is 9.59 Å². The van der Waals surface area contributed by atoms with Crippen molar-refractivity contribution in [3.8, 4) is 0 Å². The molecule has 0 saturated carbocycles. The summed E-state index contributed by atoms with van der Waals surface area (Å²) in [5.41, 5.74) is 0.859. The molecule has 2 N–H and O–H groups in total. The van der Waals surface area contributed by atoms with Crippen LogP contribution in [0.5, 0.6) is 0 Å². The molecule has 0 aliphatic carbocycles. The maximum Gasteiger partial charge on any atom is 0.326 e. The highest BCUT2D eigenvalue weighted by Crippen LogP contribution is 2.03. The van der Waals surface area contributed by atoms with E-state index in [4.69, 9.17) is 5.11 Å². The van der Waals surface area contributed by atoms with Gasteiger partial charge in [-0.15, -0.1) is 0 Å². The Morgan fingerprint density at radius 3 is 2.53 bits per heavy atom. The molecule has 1 aromatic rings. The fraction of sp³-hybridized carbons (Fsp3) is 0.333. The summed E-state index contributed by atoms with van der Waals surface area (Å²) in [6.07, 6.45) is 0.256. The van der Waals surface area contributed by atoms with Gasteiger partial charge in [0.2, 0.25) is 5.91 Å². The SMILES string of the molecule is COCC(=O)N[C@H](Cc1ccccc1)C(=O)O. The van der Waals surface area contributed by atoms with Crippen molar-refractivity contribution >= 4 is 11.9 Å². The van der Waals surface area contributed by atoms with E-state index in [2.05, 4.69) is 10.1 Å². The molecular weight excluding hydrogens is 222 g/mol. The van der Waals surface area contributed by atoms with Crippen molar-refractivity contribution in [3.63, 3.8) is 0 Å². The maximum atomic E-state index is 11.2. The van der Waals surface area contributed by atoms with Gasteiger partial charge in [0, 0.05) is 13.5 Å². The fourth-order valence-corrected chi connectivity index (χ4v) is 1.42. The molecule has 0 aliphatic rings. The van der Waals surface area contributed by atoms with E-state index in [1.54, 1.807) is 0 Å². The lowest BCUT2D eigenvalue weighted by atomic mass is 10.1. The zero-order valence-electron chi connectivity index (χ0n) is 9.55. The lowest BCUT2D eigenvalue weighted by Crippen LogP contribution is -2.43. The second-order valence-electron chi connectivity index (χ2n) is 3.58. The van der Waals surface area contributed by atoms with Crippen LogP contribution >= 0.6 is 0 Å². The van der Waals surface area contributed by atoms with Crippen LogP contribution in [0.15, 0.2) is 30.3 Å². The minimum atomic E-state index is -1.06. The van der Waals surface area contributed by atoms with Crippen LogP contribution in [0.25, 0.3) is 0 Å². The molecular formula is C12H15NO4. The molecule has 0 fully saturated rings. The number of carbonyl (C=O) groups is 2. The summed E-state index contributed by atoms with van der Waals surface area (Å²) >= 11 is 0. The number of ether oxygens (including phenoxy) is 1. The summed E-state index contributed by atoms with van der Waals surface area (Å²) in [6.45, 7) is -0.140. The molecule has 1 aromatic carbocycles. The van der Waals surface area contributed by atoms with Crippen LogP contribution in [0.2, 0.25) is 0 Å². The number of nitrogens with one attached hydrogen (secondary N) is 1. The first-order chi connectivity index (χ1) is 8.13. The van der Waals surface area contributed by atoms with Gasteiger partial charge >= 0.3 is 5.97 Å². The van der Waals surface area contributed by atoms with Gasteiger partial charge in [-0.05, 0) is 5.56 Å². The Kier molecular flexibility index (Phi) is 5.16. The number of rotatable bonds is 6. The van der Waals surface area contributed by atoms with Gasteiger partial charge in [0.15, 0.2) is 0 Å². The fourth-order valence-electron chi connectivity index (χ4n) is 1.42. The van der Waals surface area contributed by atoms with E-state index >= 15 is 0 Å². The summed E-state index contributed by atoms with van der Waals surface area (Å²) in [6, 6.07) is 8.20. The number of methoxy groups -OCH3 is 1. The molecule has 0 spiro atoms. The predicted octanol–water partition coefficient (Wildman–Crippen LogP) is 0.445. The van der Waals surface area contributed by atoms with Gasteiger partial charge in [-0.1, -0.05) is 30.3 Å². The third-order valence-corrected chi connectivity index (χ3v) is 2.19. The summed E-state index contributed by atoms with van der Waals surface area (Å²) in [5, 5.41) is 11.4. The molecule has 1 rings (SSSR count). The average molecular weight is 237 g/mol. The van der Waals surface area contributed by atoms with E-state index in [0.717, 1.165) is 5.56 Å². The van der Waals surface area contributed by atoms with Crippen molar-refractivity contribution in [1.29, 1.82) is 0 Å². The zero-order chi connectivity index (χ0) is 12.7. The van der Waals surface area contributed by atoms with Crippen LogP contribution < -0.4 is 5.32 Å². The minimum absolute atomic E-state index is 0.140. The molecule has 0 saturated heterocycles. The summed E-state index contributed by atoms with van der Waals surface area (Å²) in [4.78, 5) is 22.2. The van der Waals surface area contributed by atoms with Crippen molar-refractivity contribution in [2.75, 3.05) is 13.7 Å².